The first-order valence-electron chi connectivity index (χ1n) is 7.86. The standard InChI is InChI=1S/C20H26OSi/c1-16(2)19(20(21)17-11-7-5-8-12-17)15-22(3,4)18-13-9-6-10-14-18/h5-14,19-21H,1,15H2,2-4H3. The zero-order chi connectivity index (χ0) is 16.2. The van der Waals surface area contributed by atoms with Gasteiger partial charge in [0.2, 0.25) is 0 Å². The lowest BCUT2D eigenvalue weighted by molar-refractivity contribution is 0.134. The second-order valence-corrected chi connectivity index (χ2v) is 11.5. The molecule has 2 rings (SSSR count). The van der Waals surface area contributed by atoms with Crippen LogP contribution < -0.4 is 5.19 Å². The summed E-state index contributed by atoms with van der Waals surface area (Å²) in [5.74, 6) is 0.101. The Morgan fingerprint density at radius 2 is 1.50 bits per heavy atom. The summed E-state index contributed by atoms with van der Waals surface area (Å²) in [5, 5.41) is 12.3. The topological polar surface area (TPSA) is 20.2 Å². The Bertz CT molecular complexity index is 604. The molecule has 0 radical (unpaired) electrons. The van der Waals surface area contributed by atoms with Crippen LogP contribution in [-0.4, -0.2) is 13.2 Å². The van der Waals surface area contributed by atoms with E-state index in [9.17, 15) is 5.11 Å². The van der Waals surface area contributed by atoms with Gasteiger partial charge in [-0.3, -0.25) is 0 Å². The van der Waals surface area contributed by atoms with Crippen molar-refractivity contribution < 1.29 is 5.11 Å². The van der Waals surface area contributed by atoms with Gasteiger partial charge in [0.15, 0.2) is 0 Å². The first-order chi connectivity index (χ1) is 10.4. The van der Waals surface area contributed by atoms with Gasteiger partial charge < -0.3 is 5.11 Å². The Morgan fingerprint density at radius 3 is 2.00 bits per heavy atom. The van der Waals surface area contributed by atoms with Crippen LogP contribution in [0.25, 0.3) is 0 Å². The summed E-state index contributed by atoms with van der Waals surface area (Å²) >= 11 is 0. The van der Waals surface area contributed by atoms with E-state index in [1.54, 1.807) is 0 Å². The fourth-order valence-corrected chi connectivity index (χ4v) is 6.00. The molecule has 0 aliphatic carbocycles. The molecule has 2 aromatic carbocycles. The second kappa shape index (κ2) is 7.08. The SMILES string of the molecule is C=C(C)C(C[Si](C)(C)c1ccccc1)C(O)c1ccccc1. The van der Waals surface area contributed by atoms with Crippen molar-refractivity contribution in [3.8, 4) is 0 Å². The van der Waals surface area contributed by atoms with Crippen molar-refractivity contribution >= 4 is 13.3 Å². The van der Waals surface area contributed by atoms with E-state index in [4.69, 9.17) is 0 Å². The summed E-state index contributed by atoms with van der Waals surface area (Å²) in [7, 11) is -1.62. The predicted octanol–water partition coefficient (Wildman–Crippen LogP) is 4.53. The van der Waals surface area contributed by atoms with Crippen molar-refractivity contribution in [2.45, 2.75) is 32.2 Å². The Kier molecular flexibility index (Phi) is 5.38. The van der Waals surface area contributed by atoms with E-state index >= 15 is 0 Å². The molecule has 0 bridgehead atoms. The van der Waals surface area contributed by atoms with Crippen LogP contribution in [0, 0.1) is 5.92 Å². The third kappa shape index (κ3) is 3.96. The number of aliphatic hydroxyl groups excluding tert-OH is 1. The van der Waals surface area contributed by atoms with Crippen LogP contribution >= 0.6 is 0 Å². The monoisotopic (exact) mass is 310 g/mol. The first-order valence-corrected chi connectivity index (χ1v) is 11.1. The van der Waals surface area contributed by atoms with E-state index < -0.39 is 14.2 Å². The molecule has 0 amide bonds. The first kappa shape index (κ1) is 16.7. The molecule has 0 aliphatic rings. The van der Waals surface area contributed by atoms with Crippen molar-refractivity contribution in [1.82, 2.24) is 0 Å². The highest BCUT2D eigenvalue weighted by molar-refractivity contribution is 6.89. The highest BCUT2D eigenvalue weighted by atomic mass is 28.3. The molecule has 116 valence electrons. The van der Waals surface area contributed by atoms with Gasteiger partial charge in [-0.1, -0.05) is 91.1 Å². The largest absolute Gasteiger partial charge is 0.388 e. The number of hydrogen-bond donors (Lipinski definition) is 1. The molecule has 0 fully saturated rings. The normalized spacial score (nSPS) is 14.4. The lowest BCUT2D eigenvalue weighted by atomic mass is 9.92. The van der Waals surface area contributed by atoms with Crippen molar-refractivity contribution in [3.63, 3.8) is 0 Å². The minimum Gasteiger partial charge on any atom is -0.388 e. The van der Waals surface area contributed by atoms with Gasteiger partial charge in [0, 0.05) is 5.92 Å². The minimum absolute atomic E-state index is 0.101. The second-order valence-electron chi connectivity index (χ2n) is 6.76. The molecule has 0 heterocycles. The van der Waals surface area contributed by atoms with Crippen molar-refractivity contribution in [2.75, 3.05) is 0 Å². The van der Waals surface area contributed by atoms with E-state index in [1.165, 1.54) is 5.19 Å². The van der Waals surface area contributed by atoms with Crippen LogP contribution in [0.5, 0.6) is 0 Å². The maximum Gasteiger partial charge on any atom is 0.0852 e. The Hall–Kier alpha value is -1.64. The van der Waals surface area contributed by atoms with E-state index in [1.807, 2.05) is 37.3 Å². The Balaban J connectivity index is 2.24. The van der Waals surface area contributed by atoms with Gasteiger partial charge in [-0.05, 0) is 18.5 Å². The summed E-state index contributed by atoms with van der Waals surface area (Å²) in [6.45, 7) is 10.9. The highest BCUT2D eigenvalue weighted by Gasteiger charge is 2.32. The van der Waals surface area contributed by atoms with Gasteiger partial charge in [0.05, 0.1) is 14.2 Å². The number of rotatable bonds is 6. The minimum atomic E-state index is -1.62. The third-order valence-electron chi connectivity index (χ3n) is 4.44. The van der Waals surface area contributed by atoms with Gasteiger partial charge in [-0.25, -0.2) is 0 Å². The zero-order valence-electron chi connectivity index (χ0n) is 13.8. The van der Waals surface area contributed by atoms with Crippen molar-refractivity contribution in [2.24, 2.45) is 5.92 Å². The molecule has 1 N–H and O–H groups in total. The van der Waals surface area contributed by atoms with Gasteiger partial charge in [0.1, 0.15) is 0 Å². The van der Waals surface area contributed by atoms with E-state index in [-0.39, 0.29) is 5.92 Å². The summed E-state index contributed by atoms with van der Waals surface area (Å²) < 4.78 is 0. The van der Waals surface area contributed by atoms with Crippen molar-refractivity contribution in [3.05, 3.63) is 78.4 Å². The summed E-state index contributed by atoms with van der Waals surface area (Å²) in [4.78, 5) is 0. The molecule has 1 nitrogen and oxygen atoms in total. The van der Waals surface area contributed by atoms with Gasteiger partial charge >= 0.3 is 0 Å². The van der Waals surface area contributed by atoms with E-state index in [0.717, 1.165) is 17.2 Å². The van der Waals surface area contributed by atoms with Crippen LogP contribution in [0.2, 0.25) is 19.1 Å². The lowest BCUT2D eigenvalue weighted by Crippen LogP contribution is -2.43. The van der Waals surface area contributed by atoms with Crippen LogP contribution in [0.1, 0.15) is 18.6 Å². The quantitative estimate of drug-likeness (QED) is 0.614. The Labute approximate surface area is 135 Å². The number of aliphatic hydroxyl groups is 1. The number of benzene rings is 2. The summed E-state index contributed by atoms with van der Waals surface area (Å²) in [6, 6.07) is 21.6. The number of hydrogen-bond acceptors (Lipinski definition) is 1. The van der Waals surface area contributed by atoms with Crippen LogP contribution in [-0.2, 0) is 0 Å². The molecule has 2 atom stereocenters. The van der Waals surface area contributed by atoms with Crippen LogP contribution in [0.4, 0.5) is 0 Å². The van der Waals surface area contributed by atoms with Gasteiger partial charge in [-0.2, -0.15) is 0 Å². The fourth-order valence-electron chi connectivity index (χ4n) is 2.99. The molecule has 2 aromatic rings. The average Bonchev–Trinajstić information content (AvgIpc) is 2.53. The molecular weight excluding hydrogens is 284 g/mol. The molecule has 0 aromatic heterocycles. The molecule has 2 heteroatoms. The summed E-state index contributed by atoms with van der Waals surface area (Å²) in [6.07, 6.45) is -0.478. The van der Waals surface area contributed by atoms with E-state index in [2.05, 4.69) is 50.0 Å². The molecule has 0 aliphatic heterocycles. The fraction of sp³-hybridized carbons (Fsp3) is 0.300. The predicted molar refractivity (Wildman–Crippen MR) is 98.1 cm³/mol. The molecule has 0 spiro atoms. The van der Waals surface area contributed by atoms with Gasteiger partial charge in [-0.15, -0.1) is 0 Å². The van der Waals surface area contributed by atoms with Crippen LogP contribution in [0.3, 0.4) is 0 Å². The molecule has 2 unspecified atom stereocenters. The molecule has 0 saturated carbocycles. The highest BCUT2D eigenvalue weighted by Crippen LogP contribution is 2.33. The lowest BCUT2D eigenvalue weighted by Gasteiger charge is -2.32. The van der Waals surface area contributed by atoms with Gasteiger partial charge in [0.25, 0.3) is 0 Å². The molecule has 22 heavy (non-hydrogen) atoms. The maximum absolute atomic E-state index is 10.8. The molecular formula is C20H26OSi. The third-order valence-corrected chi connectivity index (χ3v) is 7.80. The average molecular weight is 311 g/mol. The summed E-state index contributed by atoms with van der Waals surface area (Å²) in [5.41, 5.74) is 2.04. The smallest absolute Gasteiger partial charge is 0.0852 e. The molecule has 0 saturated heterocycles. The van der Waals surface area contributed by atoms with E-state index in [0.29, 0.717) is 0 Å². The van der Waals surface area contributed by atoms with Crippen LogP contribution in [0.15, 0.2) is 72.8 Å². The Morgan fingerprint density at radius 1 is 1.00 bits per heavy atom. The van der Waals surface area contributed by atoms with Crippen molar-refractivity contribution in [1.29, 1.82) is 0 Å². The zero-order valence-corrected chi connectivity index (χ0v) is 14.8. The maximum atomic E-state index is 10.8.